The Morgan fingerprint density at radius 3 is 2.64 bits per heavy atom. The molecule has 0 aliphatic rings. The fourth-order valence-corrected chi connectivity index (χ4v) is 0.536. The molecule has 0 aromatic carbocycles. The van der Waals surface area contributed by atoms with Gasteiger partial charge in [0.1, 0.15) is 0 Å². The first-order valence-electron chi connectivity index (χ1n) is 4.19. The summed E-state index contributed by atoms with van der Waals surface area (Å²) in [6, 6.07) is 0. The topological polar surface area (TPSA) is 15.6 Å². The lowest BCUT2D eigenvalue weighted by atomic mass is 10.3. The molecule has 0 aromatic rings. The van der Waals surface area contributed by atoms with Crippen molar-refractivity contribution in [3.8, 4) is 0 Å². The van der Waals surface area contributed by atoms with E-state index in [2.05, 4.69) is 24.9 Å². The van der Waals surface area contributed by atoms with Gasteiger partial charge in [0.05, 0.1) is 6.34 Å². The smallest absolute Gasteiger partial charge is 0.0902 e. The van der Waals surface area contributed by atoms with Crippen molar-refractivity contribution < 1.29 is 0 Å². The van der Waals surface area contributed by atoms with Gasteiger partial charge in [0.15, 0.2) is 0 Å². The molecule has 0 radical (unpaired) electrons. The van der Waals surface area contributed by atoms with Gasteiger partial charge in [-0.2, -0.15) is 0 Å². The number of allylic oxidation sites excluding steroid dienone is 1. The zero-order valence-corrected chi connectivity index (χ0v) is 7.75. The Bertz CT molecular complexity index is 128. The summed E-state index contributed by atoms with van der Waals surface area (Å²) in [5.41, 5.74) is 0. The van der Waals surface area contributed by atoms with E-state index in [-0.39, 0.29) is 0 Å². The molecule has 0 spiro atoms. The summed E-state index contributed by atoms with van der Waals surface area (Å²) in [4.78, 5) is 6.14. The third kappa shape index (κ3) is 7.10. The molecule has 0 rings (SSSR count). The minimum absolute atomic E-state index is 1.01. The van der Waals surface area contributed by atoms with Gasteiger partial charge in [0.2, 0.25) is 0 Å². The van der Waals surface area contributed by atoms with Crippen molar-refractivity contribution in [1.82, 2.24) is 4.90 Å². The minimum atomic E-state index is 1.01. The predicted octanol–water partition coefficient (Wildman–Crippen LogP) is 2.28. The molecule has 0 bridgehead atoms. The first kappa shape index (κ1) is 10.2. The molecule has 0 atom stereocenters. The summed E-state index contributed by atoms with van der Waals surface area (Å²) in [6.45, 7) is 5.26. The monoisotopic (exact) mass is 154 g/mol. The normalized spacial score (nSPS) is 11.5. The maximum atomic E-state index is 4.10. The predicted molar refractivity (Wildman–Crippen MR) is 50.8 cm³/mol. The van der Waals surface area contributed by atoms with E-state index in [0.717, 1.165) is 13.0 Å². The Hall–Kier alpha value is -0.790. The van der Waals surface area contributed by atoms with Crippen LogP contribution in [0.2, 0.25) is 0 Å². The first-order chi connectivity index (χ1) is 5.31. The number of hydrogen-bond acceptors (Lipinski definition) is 1. The largest absolute Gasteiger partial charge is 0.366 e. The van der Waals surface area contributed by atoms with E-state index < -0.39 is 0 Å². The highest BCUT2D eigenvalue weighted by Gasteiger charge is 1.79. The van der Waals surface area contributed by atoms with Gasteiger partial charge in [0.25, 0.3) is 0 Å². The summed E-state index contributed by atoms with van der Waals surface area (Å²) in [6.07, 6.45) is 8.09. The van der Waals surface area contributed by atoms with Gasteiger partial charge in [0, 0.05) is 19.8 Å². The molecule has 0 fully saturated rings. The summed E-state index contributed by atoms with van der Waals surface area (Å²) in [5, 5.41) is 0. The van der Waals surface area contributed by atoms with E-state index >= 15 is 0 Å². The standard InChI is InChI=1S/C9H18N2/c1-4-6-7-8-10-9-11(3)5-2/h7-9H,4-6H2,1-3H3/b8-7+,10-9-. The molecule has 11 heavy (non-hydrogen) atoms. The fourth-order valence-electron chi connectivity index (χ4n) is 0.536. The average molecular weight is 154 g/mol. The molecule has 0 saturated carbocycles. The van der Waals surface area contributed by atoms with Crippen molar-refractivity contribution in [2.24, 2.45) is 4.99 Å². The van der Waals surface area contributed by atoms with Crippen LogP contribution in [-0.2, 0) is 0 Å². The molecule has 0 saturated heterocycles. The van der Waals surface area contributed by atoms with Gasteiger partial charge in [-0.05, 0) is 13.3 Å². The second kappa shape index (κ2) is 7.32. The third-order valence-electron chi connectivity index (χ3n) is 1.41. The zero-order valence-electron chi connectivity index (χ0n) is 7.75. The molecular weight excluding hydrogens is 136 g/mol. The zero-order chi connectivity index (χ0) is 8.53. The lowest BCUT2D eigenvalue weighted by Gasteiger charge is -2.06. The molecule has 2 nitrogen and oxygen atoms in total. The maximum absolute atomic E-state index is 4.10. The average Bonchev–Trinajstić information content (AvgIpc) is 2.04. The summed E-state index contributed by atoms with van der Waals surface area (Å²) in [5.74, 6) is 0. The number of aliphatic imine (C=N–C) groups is 1. The van der Waals surface area contributed by atoms with Gasteiger partial charge >= 0.3 is 0 Å². The highest BCUT2D eigenvalue weighted by atomic mass is 15.1. The Labute approximate surface area is 69.6 Å². The Balaban J connectivity index is 3.42. The molecule has 64 valence electrons. The second-order valence-electron chi connectivity index (χ2n) is 2.51. The Morgan fingerprint density at radius 1 is 1.36 bits per heavy atom. The van der Waals surface area contributed by atoms with E-state index in [0.29, 0.717) is 0 Å². The van der Waals surface area contributed by atoms with Crippen LogP contribution in [-0.4, -0.2) is 24.8 Å². The molecular formula is C9H18N2. The maximum Gasteiger partial charge on any atom is 0.0902 e. The van der Waals surface area contributed by atoms with Crippen molar-refractivity contribution in [2.45, 2.75) is 26.7 Å². The van der Waals surface area contributed by atoms with Crippen molar-refractivity contribution in [3.05, 3.63) is 12.3 Å². The van der Waals surface area contributed by atoms with Gasteiger partial charge in [-0.3, -0.25) is 0 Å². The van der Waals surface area contributed by atoms with Crippen LogP contribution < -0.4 is 0 Å². The van der Waals surface area contributed by atoms with Crippen LogP contribution in [0.15, 0.2) is 17.3 Å². The van der Waals surface area contributed by atoms with E-state index in [1.165, 1.54) is 6.42 Å². The van der Waals surface area contributed by atoms with E-state index in [9.17, 15) is 0 Å². The molecule has 0 heterocycles. The summed E-state index contributed by atoms with van der Waals surface area (Å²) >= 11 is 0. The Kier molecular flexibility index (Phi) is 6.79. The lowest BCUT2D eigenvalue weighted by molar-refractivity contribution is 0.552. The van der Waals surface area contributed by atoms with E-state index in [4.69, 9.17) is 0 Å². The van der Waals surface area contributed by atoms with Crippen molar-refractivity contribution >= 4 is 6.34 Å². The quantitative estimate of drug-likeness (QED) is 0.438. The van der Waals surface area contributed by atoms with Gasteiger partial charge in [-0.1, -0.05) is 19.4 Å². The van der Waals surface area contributed by atoms with Crippen LogP contribution in [0, 0.1) is 0 Å². The fraction of sp³-hybridized carbons (Fsp3) is 0.667. The molecule has 0 aliphatic heterocycles. The molecule has 0 unspecified atom stereocenters. The van der Waals surface area contributed by atoms with Gasteiger partial charge in [-0.15, -0.1) is 0 Å². The van der Waals surface area contributed by atoms with Crippen LogP contribution in [0.5, 0.6) is 0 Å². The molecule has 0 aromatic heterocycles. The van der Waals surface area contributed by atoms with Crippen LogP contribution in [0.4, 0.5) is 0 Å². The number of hydrogen-bond donors (Lipinski definition) is 0. The molecule has 0 amide bonds. The number of rotatable bonds is 5. The van der Waals surface area contributed by atoms with Crippen LogP contribution >= 0.6 is 0 Å². The third-order valence-corrected chi connectivity index (χ3v) is 1.41. The van der Waals surface area contributed by atoms with Crippen LogP contribution in [0.25, 0.3) is 0 Å². The lowest BCUT2D eigenvalue weighted by Crippen LogP contribution is -2.14. The van der Waals surface area contributed by atoms with E-state index in [1.54, 1.807) is 0 Å². The first-order valence-corrected chi connectivity index (χ1v) is 4.19. The van der Waals surface area contributed by atoms with Crippen molar-refractivity contribution in [2.75, 3.05) is 13.6 Å². The molecule has 2 heteroatoms. The number of nitrogens with zero attached hydrogens (tertiary/aromatic N) is 2. The number of unbranched alkanes of at least 4 members (excludes halogenated alkanes) is 1. The van der Waals surface area contributed by atoms with Crippen LogP contribution in [0.3, 0.4) is 0 Å². The second-order valence-corrected chi connectivity index (χ2v) is 2.51. The molecule has 0 N–H and O–H groups in total. The van der Waals surface area contributed by atoms with E-state index in [1.807, 2.05) is 24.5 Å². The SMILES string of the molecule is CCC/C=C/N=C\N(C)CC. The Morgan fingerprint density at radius 2 is 2.09 bits per heavy atom. The van der Waals surface area contributed by atoms with Crippen molar-refractivity contribution in [3.63, 3.8) is 0 Å². The summed E-state index contributed by atoms with van der Waals surface area (Å²) < 4.78 is 0. The minimum Gasteiger partial charge on any atom is -0.366 e. The highest BCUT2D eigenvalue weighted by molar-refractivity contribution is 5.55. The van der Waals surface area contributed by atoms with Crippen molar-refractivity contribution in [1.29, 1.82) is 0 Å². The highest BCUT2D eigenvalue weighted by Crippen LogP contribution is 1.87. The van der Waals surface area contributed by atoms with Gasteiger partial charge < -0.3 is 4.90 Å². The molecule has 0 aliphatic carbocycles. The van der Waals surface area contributed by atoms with Crippen LogP contribution in [0.1, 0.15) is 26.7 Å². The van der Waals surface area contributed by atoms with Gasteiger partial charge in [-0.25, -0.2) is 4.99 Å². The summed E-state index contributed by atoms with van der Waals surface area (Å²) in [7, 11) is 2.01.